The van der Waals surface area contributed by atoms with Crippen LogP contribution in [0.1, 0.15) is 45.8 Å². The van der Waals surface area contributed by atoms with Crippen molar-refractivity contribution >= 4 is 17.3 Å². The van der Waals surface area contributed by atoms with Gasteiger partial charge in [0.25, 0.3) is 5.95 Å². The Labute approximate surface area is 152 Å². The lowest BCUT2D eigenvalue weighted by molar-refractivity contribution is 0.0973. The summed E-state index contributed by atoms with van der Waals surface area (Å²) in [7, 11) is 0. The van der Waals surface area contributed by atoms with E-state index >= 15 is 0 Å². The van der Waals surface area contributed by atoms with Crippen molar-refractivity contribution in [3.63, 3.8) is 0 Å². The Morgan fingerprint density at radius 1 is 1.04 bits per heavy atom. The third-order valence-corrected chi connectivity index (χ3v) is 4.52. The Hall–Kier alpha value is -3.02. The molecule has 6 nitrogen and oxygen atoms in total. The summed E-state index contributed by atoms with van der Waals surface area (Å²) < 4.78 is 1.73. The number of Topliss-reactive ketones (excluding diaryl/α,β-unsaturated/α-hetero) is 1. The number of aromatic nitrogens is 4. The minimum absolute atomic E-state index is 0.122. The molecule has 0 fully saturated rings. The summed E-state index contributed by atoms with van der Waals surface area (Å²) in [4.78, 5) is 21.7. The van der Waals surface area contributed by atoms with Crippen molar-refractivity contribution in [3.05, 3.63) is 58.5 Å². The van der Waals surface area contributed by atoms with Crippen LogP contribution in [-0.2, 0) is 6.42 Å². The molecule has 1 aliphatic carbocycles. The number of carbonyl (C=O) groups is 1. The van der Waals surface area contributed by atoms with Gasteiger partial charge in [-0.25, -0.2) is 14.6 Å². The van der Waals surface area contributed by atoms with Gasteiger partial charge in [0.05, 0.1) is 11.3 Å². The molecule has 1 aliphatic rings. The number of hydrogen-bond donors (Lipinski definition) is 1. The molecule has 2 heterocycles. The Morgan fingerprint density at radius 2 is 1.81 bits per heavy atom. The van der Waals surface area contributed by atoms with Crippen LogP contribution >= 0.6 is 0 Å². The molecule has 6 heteroatoms. The molecule has 0 saturated carbocycles. The molecule has 26 heavy (non-hydrogen) atoms. The largest absolute Gasteiger partial charge is 0.338 e. The first-order valence-corrected chi connectivity index (χ1v) is 8.83. The summed E-state index contributed by atoms with van der Waals surface area (Å²) in [5.41, 5.74) is 5.38. The van der Waals surface area contributed by atoms with Crippen molar-refractivity contribution in [3.8, 4) is 5.95 Å². The summed E-state index contributed by atoms with van der Waals surface area (Å²) in [6.45, 7) is 5.91. The summed E-state index contributed by atoms with van der Waals surface area (Å²) in [5, 5.41) is 7.99. The predicted molar refractivity (Wildman–Crippen MR) is 100 cm³/mol. The molecule has 1 aromatic carbocycles. The molecule has 132 valence electrons. The molecule has 2 aromatic heterocycles. The maximum atomic E-state index is 12.6. The Balaban J connectivity index is 1.85. The van der Waals surface area contributed by atoms with Crippen LogP contribution in [0.15, 0.2) is 30.3 Å². The Bertz CT molecular complexity index is 985. The predicted octanol–water partition coefficient (Wildman–Crippen LogP) is 3.85. The van der Waals surface area contributed by atoms with E-state index in [9.17, 15) is 4.79 Å². The van der Waals surface area contributed by atoms with E-state index in [1.54, 1.807) is 4.68 Å². The van der Waals surface area contributed by atoms with Crippen molar-refractivity contribution in [2.75, 3.05) is 5.32 Å². The van der Waals surface area contributed by atoms with Gasteiger partial charge in [0.15, 0.2) is 11.6 Å². The van der Waals surface area contributed by atoms with E-state index < -0.39 is 0 Å². The minimum atomic E-state index is 0.122. The number of anilines is 2. The molecule has 0 spiro atoms. The molecule has 0 unspecified atom stereocenters. The summed E-state index contributed by atoms with van der Waals surface area (Å²) in [5.74, 6) is 1.22. The first-order chi connectivity index (χ1) is 12.5. The number of nitrogens with zero attached hydrogens (tertiary/aromatic N) is 4. The molecule has 0 aliphatic heterocycles. The lowest BCUT2D eigenvalue weighted by Gasteiger charge is -2.13. The van der Waals surface area contributed by atoms with Crippen LogP contribution < -0.4 is 5.32 Å². The third kappa shape index (κ3) is 2.98. The minimum Gasteiger partial charge on any atom is -0.338 e. The number of rotatable bonds is 3. The summed E-state index contributed by atoms with van der Waals surface area (Å²) in [6, 6.07) is 9.95. The second kappa shape index (κ2) is 6.37. The van der Waals surface area contributed by atoms with Crippen LogP contribution in [0.5, 0.6) is 0 Å². The van der Waals surface area contributed by atoms with Crippen LogP contribution in [0, 0.1) is 20.8 Å². The smallest absolute Gasteiger partial charge is 0.251 e. The monoisotopic (exact) mass is 347 g/mol. The normalized spacial score (nSPS) is 13.6. The van der Waals surface area contributed by atoms with E-state index in [0.29, 0.717) is 23.8 Å². The van der Waals surface area contributed by atoms with Crippen molar-refractivity contribution in [2.24, 2.45) is 0 Å². The van der Waals surface area contributed by atoms with Gasteiger partial charge in [0, 0.05) is 23.5 Å². The van der Waals surface area contributed by atoms with Crippen LogP contribution in [0.2, 0.25) is 0 Å². The maximum Gasteiger partial charge on any atom is 0.251 e. The lowest BCUT2D eigenvalue weighted by Crippen LogP contribution is -2.15. The van der Waals surface area contributed by atoms with Crippen molar-refractivity contribution < 1.29 is 4.79 Å². The number of aryl methyl sites for hydroxylation is 3. The standard InChI is InChI=1S/C20H21N5O/c1-12-6-4-7-15(10-12)23-19-18-16(8-5-9-17(18)26)25(24-19)20-21-13(2)11-14(3)22-20/h4,6-7,10-11H,5,8-9H2,1-3H3,(H,23,24). The maximum absolute atomic E-state index is 12.6. The average molecular weight is 347 g/mol. The number of ketones is 1. The van der Waals surface area contributed by atoms with Crippen molar-refractivity contribution in [1.82, 2.24) is 19.7 Å². The molecule has 0 amide bonds. The molecule has 3 aromatic rings. The van der Waals surface area contributed by atoms with E-state index in [1.807, 2.05) is 51.1 Å². The van der Waals surface area contributed by atoms with Gasteiger partial charge in [0.2, 0.25) is 0 Å². The lowest BCUT2D eigenvalue weighted by atomic mass is 9.96. The fourth-order valence-corrected chi connectivity index (χ4v) is 3.43. The van der Waals surface area contributed by atoms with Gasteiger partial charge < -0.3 is 5.32 Å². The molecule has 1 N–H and O–H groups in total. The highest BCUT2D eigenvalue weighted by Crippen LogP contribution is 2.31. The van der Waals surface area contributed by atoms with Crippen LogP contribution in [0.25, 0.3) is 5.95 Å². The Morgan fingerprint density at radius 3 is 2.54 bits per heavy atom. The summed E-state index contributed by atoms with van der Waals surface area (Å²) in [6.07, 6.45) is 2.17. The van der Waals surface area contributed by atoms with E-state index in [1.165, 1.54) is 0 Å². The second-order valence-electron chi connectivity index (χ2n) is 6.80. The van der Waals surface area contributed by atoms with E-state index in [4.69, 9.17) is 0 Å². The van der Waals surface area contributed by atoms with Gasteiger partial charge in [-0.1, -0.05) is 12.1 Å². The molecule has 0 atom stereocenters. The Kier molecular flexibility index (Phi) is 4.03. The number of nitrogens with one attached hydrogen (secondary N) is 1. The molecule has 0 radical (unpaired) electrons. The van der Waals surface area contributed by atoms with E-state index in [0.717, 1.165) is 41.2 Å². The van der Waals surface area contributed by atoms with Crippen molar-refractivity contribution in [1.29, 1.82) is 0 Å². The fraction of sp³-hybridized carbons (Fsp3) is 0.300. The van der Waals surface area contributed by atoms with E-state index in [2.05, 4.69) is 20.4 Å². The first kappa shape index (κ1) is 16.4. The third-order valence-electron chi connectivity index (χ3n) is 4.52. The molecule has 0 saturated heterocycles. The van der Waals surface area contributed by atoms with Gasteiger partial charge in [0.1, 0.15) is 0 Å². The van der Waals surface area contributed by atoms with Crippen LogP contribution in [0.4, 0.5) is 11.5 Å². The number of fused-ring (bicyclic) bond motifs is 1. The average Bonchev–Trinajstić information content (AvgIpc) is 2.94. The molecule has 4 rings (SSSR count). The zero-order chi connectivity index (χ0) is 18.3. The summed E-state index contributed by atoms with van der Waals surface area (Å²) >= 11 is 0. The number of carbonyl (C=O) groups excluding carboxylic acids is 1. The van der Waals surface area contributed by atoms with Gasteiger partial charge >= 0.3 is 0 Å². The highest BCUT2D eigenvalue weighted by atomic mass is 16.1. The molecular weight excluding hydrogens is 326 g/mol. The van der Waals surface area contributed by atoms with Gasteiger partial charge in [-0.2, -0.15) is 0 Å². The van der Waals surface area contributed by atoms with Gasteiger partial charge in [-0.05, 0) is 57.4 Å². The fourth-order valence-electron chi connectivity index (χ4n) is 3.43. The molecular formula is C20H21N5O. The van der Waals surface area contributed by atoms with E-state index in [-0.39, 0.29) is 5.78 Å². The zero-order valence-corrected chi connectivity index (χ0v) is 15.2. The second-order valence-corrected chi connectivity index (χ2v) is 6.80. The number of hydrogen-bond acceptors (Lipinski definition) is 5. The quantitative estimate of drug-likeness (QED) is 0.779. The highest BCUT2D eigenvalue weighted by molar-refractivity contribution is 6.03. The van der Waals surface area contributed by atoms with Gasteiger partial charge in [-0.15, -0.1) is 5.10 Å². The SMILES string of the molecule is Cc1cccc(Nc2nn(-c3nc(C)cc(C)n3)c3c2C(=O)CCC3)c1. The van der Waals surface area contributed by atoms with Crippen LogP contribution in [0.3, 0.4) is 0 Å². The molecule has 0 bridgehead atoms. The van der Waals surface area contributed by atoms with Crippen LogP contribution in [-0.4, -0.2) is 25.5 Å². The highest BCUT2D eigenvalue weighted by Gasteiger charge is 2.28. The topological polar surface area (TPSA) is 72.7 Å². The van der Waals surface area contributed by atoms with Gasteiger partial charge in [-0.3, -0.25) is 4.79 Å². The van der Waals surface area contributed by atoms with Crippen molar-refractivity contribution in [2.45, 2.75) is 40.0 Å². The zero-order valence-electron chi connectivity index (χ0n) is 15.2. The number of benzene rings is 1. The first-order valence-electron chi connectivity index (χ1n) is 8.83.